The Kier molecular flexibility index (Phi) is 4.40. The Labute approximate surface area is 108 Å². The predicted octanol–water partition coefficient (Wildman–Crippen LogP) is 4.33. The molecule has 0 aliphatic heterocycles. The third kappa shape index (κ3) is 3.13. The second kappa shape index (κ2) is 6.24. The fraction of sp³-hybridized carbons (Fsp3) is 0.400. The summed E-state index contributed by atoms with van der Waals surface area (Å²) in [6.07, 6.45) is 6.75. The van der Waals surface area contributed by atoms with Gasteiger partial charge in [-0.3, -0.25) is 0 Å². The summed E-state index contributed by atoms with van der Waals surface area (Å²) in [6, 6.07) is 8.86. The van der Waals surface area contributed by atoms with Crippen LogP contribution in [0.4, 0.5) is 5.69 Å². The molecule has 0 bridgehead atoms. The van der Waals surface area contributed by atoms with Crippen molar-refractivity contribution >= 4 is 5.69 Å². The molecule has 2 rings (SSSR count). The molecule has 1 aromatic carbocycles. The molecular weight excluding hydrogens is 224 g/mol. The third-order valence-corrected chi connectivity index (χ3v) is 3.10. The van der Waals surface area contributed by atoms with E-state index in [0.717, 1.165) is 17.7 Å². The van der Waals surface area contributed by atoms with E-state index in [1.165, 1.54) is 24.9 Å². The molecule has 0 saturated carbocycles. The van der Waals surface area contributed by atoms with Crippen molar-refractivity contribution in [2.24, 2.45) is 0 Å². The lowest BCUT2D eigenvalue weighted by atomic mass is 10.1. The number of oxazole rings is 1. The Bertz CT molecular complexity index is 448. The van der Waals surface area contributed by atoms with Crippen molar-refractivity contribution in [1.82, 2.24) is 4.98 Å². The normalized spacial score (nSPS) is 12.3. The molecule has 1 heterocycles. The van der Waals surface area contributed by atoms with Gasteiger partial charge in [0.05, 0.1) is 6.20 Å². The Morgan fingerprint density at radius 2 is 2.00 bits per heavy atom. The zero-order chi connectivity index (χ0) is 12.8. The van der Waals surface area contributed by atoms with E-state index < -0.39 is 0 Å². The third-order valence-electron chi connectivity index (χ3n) is 3.10. The van der Waals surface area contributed by atoms with Crippen LogP contribution in [-0.4, -0.2) is 11.0 Å². The van der Waals surface area contributed by atoms with E-state index in [1.54, 1.807) is 6.20 Å². The molecule has 3 nitrogen and oxygen atoms in total. The lowest BCUT2D eigenvalue weighted by Gasteiger charge is -2.17. The number of rotatable bonds is 6. The highest BCUT2D eigenvalue weighted by atomic mass is 16.3. The number of hydrogen-bond donors (Lipinski definition) is 1. The van der Waals surface area contributed by atoms with Crippen LogP contribution in [0.25, 0.3) is 11.3 Å². The van der Waals surface area contributed by atoms with Gasteiger partial charge in [-0.2, -0.15) is 0 Å². The van der Waals surface area contributed by atoms with Crippen molar-refractivity contribution in [3.05, 3.63) is 36.9 Å². The first-order valence-corrected chi connectivity index (χ1v) is 6.59. The molecule has 0 spiro atoms. The van der Waals surface area contributed by atoms with Gasteiger partial charge in [-0.05, 0) is 37.1 Å². The lowest BCUT2D eigenvalue weighted by molar-refractivity contribution is 0.572. The summed E-state index contributed by atoms with van der Waals surface area (Å²) in [5.74, 6) is 0.808. The molecule has 96 valence electrons. The average molecular weight is 244 g/mol. The molecule has 2 aromatic rings. The smallest absolute Gasteiger partial charge is 0.181 e. The van der Waals surface area contributed by atoms with Gasteiger partial charge in [0.25, 0.3) is 0 Å². The Hall–Kier alpha value is -1.77. The number of nitrogens with one attached hydrogen (secondary N) is 1. The van der Waals surface area contributed by atoms with E-state index in [1.807, 2.05) is 0 Å². The van der Waals surface area contributed by atoms with Crippen LogP contribution in [0.15, 0.2) is 41.3 Å². The van der Waals surface area contributed by atoms with Gasteiger partial charge >= 0.3 is 0 Å². The molecule has 1 atom stereocenters. The van der Waals surface area contributed by atoms with Crippen molar-refractivity contribution in [1.29, 1.82) is 0 Å². The maximum Gasteiger partial charge on any atom is 0.181 e. The lowest BCUT2D eigenvalue weighted by Crippen LogP contribution is -2.17. The maximum atomic E-state index is 5.27. The molecular formula is C15H20N2O. The van der Waals surface area contributed by atoms with Gasteiger partial charge in [0.2, 0.25) is 0 Å². The minimum absolute atomic E-state index is 0.561. The molecule has 0 amide bonds. The molecule has 0 aliphatic rings. The van der Waals surface area contributed by atoms with Crippen LogP contribution in [0.1, 0.15) is 33.1 Å². The highest BCUT2D eigenvalue weighted by Gasteiger charge is 2.05. The minimum Gasteiger partial charge on any atom is -0.444 e. The van der Waals surface area contributed by atoms with E-state index in [4.69, 9.17) is 4.42 Å². The summed E-state index contributed by atoms with van der Waals surface area (Å²) in [7, 11) is 0. The molecule has 0 radical (unpaired) electrons. The van der Waals surface area contributed by atoms with E-state index in [9.17, 15) is 0 Å². The van der Waals surface area contributed by atoms with Crippen molar-refractivity contribution in [3.63, 3.8) is 0 Å². The second-order valence-corrected chi connectivity index (χ2v) is 4.48. The number of aromatic nitrogens is 1. The number of anilines is 1. The molecule has 0 saturated heterocycles. The summed E-state index contributed by atoms with van der Waals surface area (Å²) in [5.41, 5.74) is 2.22. The Morgan fingerprint density at radius 3 is 2.56 bits per heavy atom. The van der Waals surface area contributed by atoms with Crippen molar-refractivity contribution in [3.8, 4) is 11.3 Å². The average Bonchev–Trinajstić information content (AvgIpc) is 2.93. The van der Waals surface area contributed by atoms with Gasteiger partial charge in [0.15, 0.2) is 12.2 Å². The van der Waals surface area contributed by atoms with Gasteiger partial charge in [0, 0.05) is 17.3 Å². The fourth-order valence-electron chi connectivity index (χ4n) is 2.05. The zero-order valence-corrected chi connectivity index (χ0v) is 11.0. The van der Waals surface area contributed by atoms with Crippen LogP contribution in [0.2, 0.25) is 0 Å². The summed E-state index contributed by atoms with van der Waals surface area (Å²) in [6.45, 7) is 4.44. The number of hydrogen-bond acceptors (Lipinski definition) is 3. The summed E-state index contributed by atoms with van der Waals surface area (Å²) >= 11 is 0. The van der Waals surface area contributed by atoms with E-state index in [0.29, 0.717) is 6.04 Å². The van der Waals surface area contributed by atoms with Crippen molar-refractivity contribution in [2.75, 3.05) is 5.32 Å². The van der Waals surface area contributed by atoms with Crippen LogP contribution in [0.5, 0.6) is 0 Å². The fourth-order valence-corrected chi connectivity index (χ4v) is 2.05. The van der Waals surface area contributed by atoms with Gasteiger partial charge in [0.1, 0.15) is 0 Å². The van der Waals surface area contributed by atoms with Gasteiger partial charge in [-0.15, -0.1) is 0 Å². The van der Waals surface area contributed by atoms with Gasteiger partial charge < -0.3 is 9.73 Å². The molecule has 1 aromatic heterocycles. The monoisotopic (exact) mass is 244 g/mol. The van der Waals surface area contributed by atoms with Crippen LogP contribution < -0.4 is 5.32 Å². The largest absolute Gasteiger partial charge is 0.444 e. The first kappa shape index (κ1) is 12.7. The van der Waals surface area contributed by atoms with Crippen molar-refractivity contribution in [2.45, 2.75) is 39.2 Å². The quantitative estimate of drug-likeness (QED) is 0.821. The topological polar surface area (TPSA) is 38.1 Å². The van der Waals surface area contributed by atoms with Crippen LogP contribution in [0.3, 0.4) is 0 Å². The number of nitrogens with zero attached hydrogens (tertiary/aromatic N) is 1. The first-order valence-electron chi connectivity index (χ1n) is 6.59. The molecule has 3 heteroatoms. The molecule has 0 fully saturated rings. The van der Waals surface area contributed by atoms with E-state index >= 15 is 0 Å². The summed E-state index contributed by atoms with van der Waals surface area (Å²) in [5, 5.41) is 3.56. The SMILES string of the molecule is CCCC(CC)Nc1ccc(-c2cnco2)cc1. The highest BCUT2D eigenvalue weighted by Crippen LogP contribution is 2.21. The van der Waals surface area contributed by atoms with Crippen LogP contribution >= 0.6 is 0 Å². The molecule has 1 unspecified atom stereocenters. The Balaban J connectivity index is 2.03. The van der Waals surface area contributed by atoms with Crippen LogP contribution in [0, 0.1) is 0 Å². The second-order valence-electron chi connectivity index (χ2n) is 4.48. The summed E-state index contributed by atoms with van der Waals surface area (Å²) < 4.78 is 5.27. The maximum absolute atomic E-state index is 5.27. The van der Waals surface area contributed by atoms with Crippen LogP contribution in [-0.2, 0) is 0 Å². The zero-order valence-electron chi connectivity index (χ0n) is 11.0. The Morgan fingerprint density at radius 1 is 1.22 bits per heavy atom. The van der Waals surface area contributed by atoms with Gasteiger partial charge in [-0.25, -0.2) is 4.98 Å². The minimum atomic E-state index is 0.561. The molecule has 18 heavy (non-hydrogen) atoms. The predicted molar refractivity (Wildman–Crippen MR) is 74.5 cm³/mol. The standard InChI is InChI=1S/C15H20N2O/c1-3-5-13(4-2)17-14-8-6-12(7-9-14)15-10-16-11-18-15/h6-11,13,17H,3-5H2,1-2H3. The summed E-state index contributed by atoms with van der Waals surface area (Å²) in [4.78, 5) is 3.92. The van der Waals surface area contributed by atoms with Gasteiger partial charge in [-0.1, -0.05) is 20.3 Å². The molecule has 0 aliphatic carbocycles. The van der Waals surface area contributed by atoms with E-state index in [2.05, 4.69) is 48.4 Å². The van der Waals surface area contributed by atoms with E-state index in [-0.39, 0.29) is 0 Å². The first-order chi connectivity index (χ1) is 8.83. The number of benzene rings is 1. The highest BCUT2D eigenvalue weighted by molar-refractivity contribution is 5.60. The molecule has 1 N–H and O–H groups in total. The van der Waals surface area contributed by atoms with Crippen molar-refractivity contribution < 1.29 is 4.42 Å².